The van der Waals surface area contributed by atoms with E-state index in [9.17, 15) is 4.79 Å². The molecule has 1 atom stereocenters. The molecule has 0 aliphatic carbocycles. The summed E-state index contributed by atoms with van der Waals surface area (Å²) >= 11 is 1.61. The normalized spacial score (nSPS) is 12.5. The minimum Gasteiger partial charge on any atom is -0.446 e. The molecule has 15 heavy (non-hydrogen) atoms. The van der Waals surface area contributed by atoms with Crippen LogP contribution in [0.1, 0.15) is 31.8 Å². The van der Waals surface area contributed by atoms with Gasteiger partial charge in [-0.2, -0.15) is 0 Å². The lowest BCUT2D eigenvalue weighted by molar-refractivity contribution is -0.142. The Bertz CT molecular complexity index is 314. The molecule has 1 aromatic rings. The van der Waals surface area contributed by atoms with E-state index >= 15 is 0 Å². The molecule has 1 unspecified atom stereocenters. The third-order valence-electron chi connectivity index (χ3n) is 1.65. The number of nitrogens with zero attached hydrogens (tertiary/aromatic N) is 1. The van der Waals surface area contributed by atoms with Crippen molar-refractivity contribution in [3.05, 3.63) is 30.1 Å². The molecule has 1 rings (SSSR count). The summed E-state index contributed by atoms with van der Waals surface area (Å²) < 4.78 is 5.24. The van der Waals surface area contributed by atoms with Gasteiger partial charge in [0, 0.05) is 30.1 Å². The summed E-state index contributed by atoms with van der Waals surface area (Å²) in [5.41, 5.74) is 0.740. The molecule has 82 valence electrons. The lowest BCUT2D eigenvalue weighted by Crippen LogP contribution is -2.07. The van der Waals surface area contributed by atoms with E-state index in [1.807, 2.05) is 12.1 Å². The van der Waals surface area contributed by atoms with Crippen molar-refractivity contribution in [2.45, 2.75) is 31.5 Å². The third kappa shape index (κ3) is 4.34. The number of aromatic nitrogens is 1. The van der Waals surface area contributed by atoms with E-state index in [-0.39, 0.29) is 11.4 Å². The maximum Gasteiger partial charge on any atom is 0.304 e. The van der Waals surface area contributed by atoms with Crippen LogP contribution in [0.15, 0.2) is 24.5 Å². The fourth-order valence-corrected chi connectivity index (χ4v) is 2.09. The van der Waals surface area contributed by atoms with Gasteiger partial charge in [0.15, 0.2) is 5.44 Å². The zero-order valence-corrected chi connectivity index (χ0v) is 9.95. The van der Waals surface area contributed by atoms with E-state index in [1.54, 1.807) is 24.2 Å². The molecular formula is C11H15NO2S. The van der Waals surface area contributed by atoms with Gasteiger partial charge in [0.05, 0.1) is 0 Å². The number of thioether (sulfide) groups is 1. The number of pyridine rings is 1. The van der Waals surface area contributed by atoms with Crippen LogP contribution in [-0.2, 0) is 9.53 Å². The van der Waals surface area contributed by atoms with Crippen LogP contribution in [0.4, 0.5) is 0 Å². The number of carbonyl (C=O) groups is 1. The summed E-state index contributed by atoms with van der Waals surface area (Å²) in [5, 5.41) is 0.405. The molecule has 0 saturated heterocycles. The predicted octanol–water partition coefficient (Wildman–Crippen LogP) is 2.78. The number of rotatable bonds is 4. The van der Waals surface area contributed by atoms with Crippen LogP contribution in [0.2, 0.25) is 0 Å². The number of esters is 1. The fraction of sp³-hybridized carbons (Fsp3) is 0.455. The van der Waals surface area contributed by atoms with Crippen molar-refractivity contribution in [3.63, 3.8) is 0 Å². The van der Waals surface area contributed by atoms with Gasteiger partial charge in [0.1, 0.15) is 0 Å². The van der Waals surface area contributed by atoms with Crippen molar-refractivity contribution in [3.8, 4) is 0 Å². The molecule has 0 amide bonds. The number of ether oxygens (including phenoxy) is 1. The van der Waals surface area contributed by atoms with Crippen LogP contribution in [0.25, 0.3) is 0 Å². The van der Waals surface area contributed by atoms with Crippen LogP contribution in [0.5, 0.6) is 0 Å². The molecule has 1 heterocycles. The highest BCUT2D eigenvalue weighted by molar-refractivity contribution is 7.99. The van der Waals surface area contributed by atoms with E-state index < -0.39 is 0 Å². The van der Waals surface area contributed by atoms with Crippen molar-refractivity contribution in [1.82, 2.24) is 4.98 Å². The Morgan fingerprint density at radius 2 is 2.00 bits per heavy atom. The van der Waals surface area contributed by atoms with E-state index in [1.165, 1.54) is 6.92 Å². The molecule has 0 saturated carbocycles. The zero-order valence-electron chi connectivity index (χ0n) is 9.14. The van der Waals surface area contributed by atoms with E-state index in [0.717, 1.165) is 5.56 Å². The summed E-state index contributed by atoms with van der Waals surface area (Å²) in [6, 6.07) is 3.73. The smallest absolute Gasteiger partial charge is 0.304 e. The van der Waals surface area contributed by atoms with Crippen LogP contribution in [0, 0.1) is 0 Å². The SMILES string of the molecule is CC(=O)OC(SC(C)C)c1ccncc1. The predicted molar refractivity (Wildman–Crippen MR) is 61.5 cm³/mol. The summed E-state index contributed by atoms with van der Waals surface area (Å²) in [7, 11) is 0. The maximum atomic E-state index is 11.0. The van der Waals surface area contributed by atoms with Crippen molar-refractivity contribution in [2.75, 3.05) is 0 Å². The summed E-state index contributed by atoms with van der Waals surface area (Å²) in [6.07, 6.45) is 3.40. The van der Waals surface area contributed by atoms with Gasteiger partial charge >= 0.3 is 5.97 Å². The van der Waals surface area contributed by atoms with Gasteiger partial charge in [-0.3, -0.25) is 9.78 Å². The zero-order chi connectivity index (χ0) is 11.3. The standard InChI is InChI=1S/C11H15NO2S/c1-8(2)15-11(14-9(3)13)10-4-6-12-7-5-10/h4-8,11H,1-3H3. The third-order valence-corrected chi connectivity index (χ3v) is 2.81. The van der Waals surface area contributed by atoms with Gasteiger partial charge in [-0.25, -0.2) is 0 Å². The molecule has 0 N–H and O–H groups in total. The van der Waals surface area contributed by atoms with E-state index in [0.29, 0.717) is 5.25 Å². The highest BCUT2D eigenvalue weighted by Gasteiger charge is 2.16. The molecule has 0 bridgehead atoms. The fourth-order valence-electron chi connectivity index (χ4n) is 1.09. The topological polar surface area (TPSA) is 39.2 Å². The molecule has 3 nitrogen and oxygen atoms in total. The summed E-state index contributed by atoms with van der Waals surface area (Å²) in [6.45, 7) is 5.57. The molecular weight excluding hydrogens is 210 g/mol. The number of hydrogen-bond acceptors (Lipinski definition) is 4. The van der Waals surface area contributed by atoms with Gasteiger partial charge in [0.2, 0.25) is 0 Å². The van der Waals surface area contributed by atoms with Gasteiger partial charge in [-0.05, 0) is 12.1 Å². The number of hydrogen-bond donors (Lipinski definition) is 0. The molecule has 1 aromatic heterocycles. The first-order valence-corrected chi connectivity index (χ1v) is 5.76. The minimum atomic E-state index is -0.259. The largest absolute Gasteiger partial charge is 0.446 e. The maximum absolute atomic E-state index is 11.0. The summed E-state index contributed by atoms with van der Waals surface area (Å²) in [4.78, 5) is 14.9. The Balaban J connectivity index is 2.76. The molecule has 0 aliphatic heterocycles. The molecule has 4 heteroatoms. The monoisotopic (exact) mass is 225 g/mol. The second kappa shape index (κ2) is 5.75. The highest BCUT2D eigenvalue weighted by Crippen LogP contribution is 2.32. The molecule has 0 radical (unpaired) electrons. The Morgan fingerprint density at radius 1 is 1.40 bits per heavy atom. The summed E-state index contributed by atoms with van der Waals surface area (Å²) in [5.74, 6) is -0.259. The van der Waals surface area contributed by atoms with Gasteiger partial charge in [-0.1, -0.05) is 13.8 Å². The van der Waals surface area contributed by atoms with Crippen LogP contribution < -0.4 is 0 Å². The van der Waals surface area contributed by atoms with Gasteiger partial charge in [-0.15, -0.1) is 11.8 Å². The van der Waals surface area contributed by atoms with Gasteiger partial charge < -0.3 is 4.74 Å². The average Bonchev–Trinajstić information content (AvgIpc) is 2.17. The Hall–Kier alpha value is -1.03. The molecule has 0 aromatic carbocycles. The van der Waals surface area contributed by atoms with Crippen molar-refractivity contribution < 1.29 is 9.53 Å². The van der Waals surface area contributed by atoms with Crippen LogP contribution in [-0.4, -0.2) is 16.2 Å². The van der Waals surface area contributed by atoms with Crippen LogP contribution in [0.3, 0.4) is 0 Å². The Kier molecular flexibility index (Phi) is 4.62. The van der Waals surface area contributed by atoms with E-state index in [4.69, 9.17) is 4.74 Å². The second-order valence-electron chi connectivity index (χ2n) is 3.41. The first-order valence-electron chi connectivity index (χ1n) is 4.82. The first-order chi connectivity index (χ1) is 7.09. The second-order valence-corrected chi connectivity index (χ2v) is 5.05. The molecule has 0 aliphatic rings. The first kappa shape index (κ1) is 12.0. The average molecular weight is 225 g/mol. The lowest BCUT2D eigenvalue weighted by atomic mass is 10.3. The number of carbonyl (C=O) groups excluding carboxylic acids is 1. The molecule has 0 fully saturated rings. The Labute approximate surface area is 94.2 Å². The lowest BCUT2D eigenvalue weighted by Gasteiger charge is -2.18. The van der Waals surface area contributed by atoms with Crippen molar-refractivity contribution in [2.24, 2.45) is 0 Å². The highest BCUT2D eigenvalue weighted by atomic mass is 32.2. The van der Waals surface area contributed by atoms with Crippen LogP contribution >= 0.6 is 11.8 Å². The van der Waals surface area contributed by atoms with Crippen molar-refractivity contribution >= 4 is 17.7 Å². The Morgan fingerprint density at radius 3 is 2.47 bits per heavy atom. The van der Waals surface area contributed by atoms with Crippen molar-refractivity contribution in [1.29, 1.82) is 0 Å². The van der Waals surface area contributed by atoms with E-state index in [2.05, 4.69) is 18.8 Å². The molecule has 0 spiro atoms. The van der Waals surface area contributed by atoms with Gasteiger partial charge in [0.25, 0.3) is 0 Å². The minimum absolute atomic E-state index is 0.231. The quantitative estimate of drug-likeness (QED) is 0.583.